The Morgan fingerprint density at radius 3 is 2.66 bits per heavy atom. The van der Waals surface area contributed by atoms with Gasteiger partial charge in [0.15, 0.2) is 0 Å². The standard InChI is InChI=1S/C20H27ClFNO5S/c1-2-27-19(24)20(14-16-5-3-4-12-28-16)8-10-23(11-9-20)29(25,26)18-7-6-15(22)13-17(18)21/h6-7,13,16H,2-5,8-12,14H2,1H3/t16-/m0/s1. The van der Waals surface area contributed by atoms with Crippen LogP contribution in [-0.2, 0) is 24.3 Å². The van der Waals surface area contributed by atoms with E-state index in [4.69, 9.17) is 21.1 Å². The average Bonchev–Trinajstić information content (AvgIpc) is 2.69. The van der Waals surface area contributed by atoms with E-state index in [-0.39, 0.29) is 41.7 Å². The number of nitrogens with zero attached hydrogens (tertiary/aromatic N) is 1. The number of rotatable bonds is 6. The lowest BCUT2D eigenvalue weighted by atomic mass is 9.73. The van der Waals surface area contributed by atoms with Gasteiger partial charge in [-0.15, -0.1) is 0 Å². The van der Waals surface area contributed by atoms with Gasteiger partial charge in [0, 0.05) is 19.7 Å². The van der Waals surface area contributed by atoms with Crippen LogP contribution in [0.25, 0.3) is 0 Å². The number of carbonyl (C=O) groups excluding carboxylic acids is 1. The molecule has 3 rings (SSSR count). The lowest BCUT2D eigenvalue weighted by Gasteiger charge is -2.41. The fraction of sp³-hybridized carbons (Fsp3) is 0.650. The quantitative estimate of drug-likeness (QED) is 0.620. The number of ether oxygens (including phenoxy) is 2. The van der Waals surface area contributed by atoms with Crippen molar-refractivity contribution in [3.63, 3.8) is 0 Å². The molecule has 0 unspecified atom stereocenters. The van der Waals surface area contributed by atoms with Crippen molar-refractivity contribution in [2.75, 3.05) is 26.3 Å². The van der Waals surface area contributed by atoms with Crippen molar-refractivity contribution in [2.24, 2.45) is 5.41 Å². The Morgan fingerprint density at radius 2 is 2.07 bits per heavy atom. The van der Waals surface area contributed by atoms with Crippen LogP contribution in [-0.4, -0.2) is 51.1 Å². The summed E-state index contributed by atoms with van der Waals surface area (Å²) in [5.41, 5.74) is -0.753. The van der Waals surface area contributed by atoms with E-state index in [0.717, 1.165) is 31.4 Å². The molecule has 2 heterocycles. The molecule has 1 aromatic rings. The third-order valence-corrected chi connectivity index (χ3v) is 8.17. The number of sulfonamides is 1. The summed E-state index contributed by atoms with van der Waals surface area (Å²) < 4.78 is 51.8. The van der Waals surface area contributed by atoms with Gasteiger partial charge in [0.2, 0.25) is 10.0 Å². The average molecular weight is 448 g/mol. The first kappa shape index (κ1) is 22.5. The summed E-state index contributed by atoms with van der Waals surface area (Å²) in [6.07, 6.45) is 4.21. The highest BCUT2D eigenvalue weighted by Crippen LogP contribution is 2.41. The van der Waals surface area contributed by atoms with Crippen LogP contribution in [0.1, 0.15) is 45.4 Å². The maximum Gasteiger partial charge on any atom is 0.312 e. The molecule has 0 aromatic heterocycles. The van der Waals surface area contributed by atoms with Gasteiger partial charge in [0.25, 0.3) is 0 Å². The summed E-state index contributed by atoms with van der Waals surface area (Å²) >= 11 is 5.97. The van der Waals surface area contributed by atoms with Crippen LogP contribution in [0.4, 0.5) is 4.39 Å². The monoisotopic (exact) mass is 447 g/mol. The molecule has 6 nitrogen and oxygen atoms in total. The fourth-order valence-corrected chi connectivity index (χ4v) is 6.10. The van der Waals surface area contributed by atoms with E-state index in [1.807, 2.05) is 0 Å². The van der Waals surface area contributed by atoms with E-state index in [2.05, 4.69) is 0 Å². The molecule has 2 fully saturated rings. The molecule has 2 saturated heterocycles. The first-order chi connectivity index (χ1) is 13.8. The molecule has 0 aliphatic carbocycles. The molecule has 0 bridgehead atoms. The van der Waals surface area contributed by atoms with Gasteiger partial charge in [-0.25, -0.2) is 12.8 Å². The molecule has 0 radical (unpaired) electrons. The fourth-order valence-electron chi connectivity index (χ4n) is 4.16. The zero-order chi connectivity index (χ0) is 21.1. The van der Waals surface area contributed by atoms with Crippen molar-refractivity contribution in [3.05, 3.63) is 29.0 Å². The zero-order valence-corrected chi connectivity index (χ0v) is 18.1. The predicted molar refractivity (Wildman–Crippen MR) is 107 cm³/mol. The van der Waals surface area contributed by atoms with Crippen LogP contribution in [0, 0.1) is 11.2 Å². The van der Waals surface area contributed by atoms with Gasteiger partial charge in [0.05, 0.1) is 23.1 Å². The number of hydrogen-bond acceptors (Lipinski definition) is 5. The lowest BCUT2D eigenvalue weighted by molar-refractivity contribution is -0.162. The number of halogens is 2. The van der Waals surface area contributed by atoms with Crippen LogP contribution in [0.3, 0.4) is 0 Å². The summed E-state index contributed by atoms with van der Waals surface area (Å²) in [4.78, 5) is 12.7. The molecule has 0 amide bonds. The molecule has 1 atom stereocenters. The SMILES string of the molecule is CCOC(=O)C1(C[C@@H]2CCCCO2)CCN(S(=O)(=O)c2ccc(F)cc2Cl)CC1. The minimum absolute atomic E-state index is 0.0112. The van der Waals surface area contributed by atoms with E-state index in [1.165, 1.54) is 10.4 Å². The lowest BCUT2D eigenvalue weighted by Crippen LogP contribution is -2.48. The van der Waals surface area contributed by atoms with Crippen molar-refractivity contribution >= 4 is 27.6 Å². The highest BCUT2D eigenvalue weighted by atomic mass is 35.5. The second kappa shape index (κ2) is 9.29. The second-order valence-corrected chi connectivity index (χ2v) is 9.99. The summed E-state index contributed by atoms with van der Waals surface area (Å²) in [7, 11) is -3.88. The van der Waals surface area contributed by atoms with Crippen LogP contribution in [0.2, 0.25) is 5.02 Å². The van der Waals surface area contributed by atoms with Crippen LogP contribution in [0.15, 0.2) is 23.1 Å². The van der Waals surface area contributed by atoms with Crippen molar-refractivity contribution in [2.45, 2.75) is 56.4 Å². The topological polar surface area (TPSA) is 72.9 Å². The van der Waals surface area contributed by atoms with Crippen molar-refractivity contribution in [1.29, 1.82) is 0 Å². The Morgan fingerprint density at radius 1 is 1.34 bits per heavy atom. The molecule has 2 aliphatic heterocycles. The zero-order valence-electron chi connectivity index (χ0n) is 16.5. The largest absolute Gasteiger partial charge is 0.466 e. The number of hydrogen-bond donors (Lipinski definition) is 0. The smallest absolute Gasteiger partial charge is 0.312 e. The number of esters is 1. The summed E-state index contributed by atoms with van der Waals surface area (Å²) in [5, 5.41) is -0.150. The molecular weight excluding hydrogens is 421 g/mol. The molecule has 29 heavy (non-hydrogen) atoms. The van der Waals surface area contributed by atoms with Crippen molar-refractivity contribution in [1.82, 2.24) is 4.31 Å². The van der Waals surface area contributed by atoms with Crippen molar-refractivity contribution in [3.8, 4) is 0 Å². The second-order valence-electron chi connectivity index (χ2n) is 7.67. The summed E-state index contributed by atoms with van der Waals surface area (Å²) in [5.74, 6) is -0.882. The van der Waals surface area contributed by atoms with Gasteiger partial charge in [0.1, 0.15) is 10.7 Å². The van der Waals surface area contributed by atoms with Crippen LogP contribution in [0.5, 0.6) is 0 Å². The number of benzene rings is 1. The van der Waals surface area contributed by atoms with Gasteiger partial charge in [-0.3, -0.25) is 4.79 Å². The van der Waals surface area contributed by atoms with Crippen LogP contribution < -0.4 is 0 Å². The minimum Gasteiger partial charge on any atom is -0.466 e. The molecule has 0 spiro atoms. The van der Waals surface area contributed by atoms with E-state index in [0.29, 0.717) is 25.9 Å². The van der Waals surface area contributed by atoms with Gasteiger partial charge in [-0.05, 0) is 63.6 Å². The molecule has 0 N–H and O–H groups in total. The van der Waals surface area contributed by atoms with Gasteiger partial charge in [-0.1, -0.05) is 11.6 Å². The molecule has 162 valence electrons. The molecule has 2 aliphatic rings. The third kappa shape index (κ3) is 4.93. The van der Waals surface area contributed by atoms with Gasteiger partial charge >= 0.3 is 5.97 Å². The highest BCUT2D eigenvalue weighted by molar-refractivity contribution is 7.89. The Hall–Kier alpha value is -1.22. The summed E-state index contributed by atoms with van der Waals surface area (Å²) in [6, 6.07) is 3.24. The van der Waals surface area contributed by atoms with Gasteiger partial charge in [-0.2, -0.15) is 4.31 Å². The van der Waals surface area contributed by atoms with E-state index in [1.54, 1.807) is 6.92 Å². The molecular formula is C20H27ClFNO5S. The van der Waals surface area contributed by atoms with Gasteiger partial charge < -0.3 is 9.47 Å². The summed E-state index contributed by atoms with van der Waals surface area (Å²) in [6.45, 7) is 3.06. The molecule has 9 heteroatoms. The molecule has 1 aromatic carbocycles. The normalized spacial score (nSPS) is 22.9. The maximum atomic E-state index is 13.3. The maximum absolute atomic E-state index is 13.3. The highest BCUT2D eigenvalue weighted by Gasteiger charge is 2.46. The minimum atomic E-state index is -3.88. The first-order valence-corrected chi connectivity index (χ1v) is 11.8. The number of carbonyl (C=O) groups is 1. The number of piperidine rings is 1. The van der Waals surface area contributed by atoms with E-state index >= 15 is 0 Å². The Bertz CT molecular complexity index is 833. The Labute approximate surface area is 176 Å². The first-order valence-electron chi connectivity index (χ1n) is 10.0. The van der Waals surface area contributed by atoms with E-state index < -0.39 is 21.3 Å². The Balaban J connectivity index is 1.77. The van der Waals surface area contributed by atoms with E-state index in [9.17, 15) is 17.6 Å². The van der Waals surface area contributed by atoms with Crippen molar-refractivity contribution < 1.29 is 27.1 Å². The molecule has 0 saturated carbocycles. The third-order valence-electron chi connectivity index (χ3n) is 5.79. The predicted octanol–water partition coefficient (Wildman–Crippen LogP) is 3.77. The van der Waals surface area contributed by atoms with Crippen LogP contribution >= 0.6 is 11.6 Å². The Kier molecular flexibility index (Phi) is 7.19.